The van der Waals surface area contributed by atoms with Crippen molar-refractivity contribution in [2.24, 2.45) is 5.73 Å². The molecule has 6 heteroatoms. The van der Waals surface area contributed by atoms with Gasteiger partial charge in [-0.3, -0.25) is 9.48 Å². The Labute approximate surface area is 149 Å². The van der Waals surface area contributed by atoms with Gasteiger partial charge in [0.15, 0.2) is 5.82 Å². The van der Waals surface area contributed by atoms with Crippen molar-refractivity contribution >= 4 is 17.4 Å². The van der Waals surface area contributed by atoms with Gasteiger partial charge in [0.1, 0.15) is 5.56 Å². The number of nitrogens with zero attached hydrogens (tertiary/aromatic N) is 2. The molecule has 0 aliphatic heterocycles. The van der Waals surface area contributed by atoms with E-state index in [2.05, 4.69) is 12.0 Å². The Morgan fingerprint density at radius 1 is 1.04 bits per heavy atom. The Hall–Kier alpha value is -2.50. The second-order valence-corrected chi connectivity index (χ2v) is 6.40. The number of carbonyl (C=O) groups excluding carboxylic acids is 1. The summed E-state index contributed by atoms with van der Waals surface area (Å²) < 4.78 is 1.77. The summed E-state index contributed by atoms with van der Waals surface area (Å²) in [5.74, 6) is -0.421. The summed E-state index contributed by atoms with van der Waals surface area (Å²) in [6.07, 6.45) is 8.43. The molecule has 0 saturated carbocycles. The summed E-state index contributed by atoms with van der Waals surface area (Å²) in [6.45, 7) is 2.91. The highest BCUT2D eigenvalue weighted by molar-refractivity contribution is 6.04. The molecule has 136 valence electrons. The number of anilines is 2. The van der Waals surface area contributed by atoms with Crippen LogP contribution in [0.15, 0.2) is 24.3 Å². The Balaban J connectivity index is 2.14. The molecule has 0 aliphatic carbocycles. The summed E-state index contributed by atoms with van der Waals surface area (Å²) in [6, 6.07) is 7.38. The number of nitrogen functional groups attached to an aromatic ring is 2. The maximum Gasteiger partial charge on any atom is 0.254 e. The van der Waals surface area contributed by atoms with Crippen molar-refractivity contribution < 1.29 is 4.79 Å². The van der Waals surface area contributed by atoms with Crippen LogP contribution in [0.3, 0.4) is 0 Å². The second kappa shape index (κ2) is 9.11. The van der Waals surface area contributed by atoms with Crippen LogP contribution in [0.25, 0.3) is 11.3 Å². The molecule has 2 aromatic rings. The Morgan fingerprint density at radius 2 is 1.68 bits per heavy atom. The first-order chi connectivity index (χ1) is 12.1. The van der Waals surface area contributed by atoms with Crippen molar-refractivity contribution in [3.05, 3.63) is 29.8 Å². The van der Waals surface area contributed by atoms with E-state index in [-0.39, 0.29) is 11.4 Å². The number of aromatic nitrogens is 2. The number of nitrogens with two attached hydrogens (primary N) is 3. The van der Waals surface area contributed by atoms with Gasteiger partial charge in [-0.15, -0.1) is 0 Å². The number of para-hydroxylation sites is 1. The van der Waals surface area contributed by atoms with Crippen molar-refractivity contribution in [1.29, 1.82) is 0 Å². The molecular weight excluding hydrogens is 314 g/mol. The zero-order valence-corrected chi connectivity index (χ0v) is 15.0. The molecule has 1 aromatic heterocycles. The summed E-state index contributed by atoms with van der Waals surface area (Å²) in [5, 5.41) is 4.33. The van der Waals surface area contributed by atoms with E-state index >= 15 is 0 Å². The predicted molar refractivity (Wildman–Crippen MR) is 103 cm³/mol. The van der Waals surface area contributed by atoms with Crippen LogP contribution >= 0.6 is 0 Å². The van der Waals surface area contributed by atoms with Crippen molar-refractivity contribution in [3.63, 3.8) is 0 Å². The van der Waals surface area contributed by atoms with E-state index in [1.807, 2.05) is 18.2 Å². The molecule has 0 fully saturated rings. The number of benzene rings is 1. The third-order valence-corrected chi connectivity index (χ3v) is 4.42. The predicted octanol–water partition coefficient (Wildman–Crippen LogP) is 3.56. The first kappa shape index (κ1) is 18.8. The normalized spacial score (nSPS) is 10.9. The van der Waals surface area contributed by atoms with Crippen LogP contribution in [-0.2, 0) is 6.54 Å². The third-order valence-electron chi connectivity index (χ3n) is 4.42. The van der Waals surface area contributed by atoms with Crippen molar-refractivity contribution in [2.45, 2.75) is 58.4 Å². The van der Waals surface area contributed by atoms with Gasteiger partial charge in [-0.1, -0.05) is 63.6 Å². The second-order valence-electron chi connectivity index (χ2n) is 6.40. The summed E-state index contributed by atoms with van der Waals surface area (Å²) in [5.41, 5.74) is 19.7. The lowest BCUT2D eigenvalue weighted by atomic mass is 10.0. The fourth-order valence-corrected chi connectivity index (χ4v) is 3.09. The minimum Gasteiger partial charge on any atom is -0.398 e. The first-order valence-electron chi connectivity index (χ1n) is 9.07. The maximum atomic E-state index is 11.9. The van der Waals surface area contributed by atoms with Crippen molar-refractivity contribution in [1.82, 2.24) is 9.78 Å². The van der Waals surface area contributed by atoms with Gasteiger partial charge in [0.2, 0.25) is 0 Å². The van der Waals surface area contributed by atoms with E-state index in [1.165, 1.54) is 32.1 Å². The molecule has 0 bridgehead atoms. The number of rotatable bonds is 10. The number of hydrogen-bond acceptors (Lipinski definition) is 4. The number of amides is 1. The number of primary amides is 1. The monoisotopic (exact) mass is 343 g/mol. The van der Waals surface area contributed by atoms with Gasteiger partial charge in [0.05, 0.1) is 5.69 Å². The maximum absolute atomic E-state index is 11.9. The number of hydrogen-bond donors (Lipinski definition) is 3. The van der Waals surface area contributed by atoms with Crippen LogP contribution in [0.5, 0.6) is 0 Å². The molecule has 0 saturated heterocycles. The van der Waals surface area contributed by atoms with E-state index < -0.39 is 5.91 Å². The molecule has 25 heavy (non-hydrogen) atoms. The van der Waals surface area contributed by atoms with Crippen LogP contribution in [0, 0.1) is 0 Å². The number of unbranched alkanes of at least 4 members (excludes halogenated alkanes) is 6. The summed E-state index contributed by atoms with van der Waals surface area (Å²) >= 11 is 0. The lowest BCUT2D eigenvalue weighted by Gasteiger charge is -2.11. The smallest absolute Gasteiger partial charge is 0.254 e. The SMILES string of the molecule is CCCCCCCCCn1nc(N)c(C(N)=O)c1-c1ccccc1N. The molecule has 0 aliphatic rings. The van der Waals surface area contributed by atoms with Gasteiger partial charge >= 0.3 is 0 Å². The summed E-state index contributed by atoms with van der Waals surface area (Å²) in [4.78, 5) is 11.9. The van der Waals surface area contributed by atoms with Crippen LogP contribution in [0.2, 0.25) is 0 Å². The molecule has 6 nitrogen and oxygen atoms in total. The zero-order valence-electron chi connectivity index (χ0n) is 15.0. The Kier molecular flexibility index (Phi) is 6.86. The van der Waals surface area contributed by atoms with E-state index in [0.29, 0.717) is 17.9 Å². The highest BCUT2D eigenvalue weighted by atomic mass is 16.1. The lowest BCUT2D eigenvalue weighted by molar-refractivity contribution is 0.100. The minimum absolute atomic E-state index is 0.161. The molecule has 1 heterocycles. The van der Waals surface area contributed by atoms with Gasteiger partial charge in [-0.2, -0.15) is 5.10 Å². The van der Waals surface area contributed by atoms with Crippen LogP contribution in [0.4, 0.5) is 11.5 Å². The summed E-state index contributed by atoms with van der Waals surface area (Å²) in [7, 11) is 0. The van der Waals surface area contributed by atoms with Gasteiger partial charge in [-0.05, 0) is 12.5 Å². The lowest BCUT2D eigenvalue weighted by Crippen LogP contribution is -2.14. The van der Waals surface area contributed by atoms with Crippen LogP contribution in [0.1, 0.15) is 62.2 Å². The van der Waals surface area contributed by atoms with Crippen LogP contribution < -0.4 is 17.2 Å². The van der Waals surface area contributed by atoms with Gasteiger partial charge in [0.25, 0.3) is 5.91 Å². The third kappa shape index (κ3) is 4.75. The average molecular weight is 343 g/mol. The highest BCUT2D eigenvalue weighted by Gasteiger charge is 2.22. The molecule has 0 spiro atoms. The standard InChI is InChI=1S/C19H29N5O/c1-2-3-4-5-6-7-10-13-24-17(14-11-8-9-12-15(14)20)16(19(22)25)18(21)23-24/h8-9,11-12H,2-7,10,13,20H2,1H3,(H2,21,23)(H2,22,25). The Morgan fingerprint density at radius 3 is 2.32 bits per heavy atom. The first-order valence-corrected chi connectivity index (χ1v) is 9.07. The average Bonchev–Trinajstić information content (AvgIpc) is 2.91. The topological polar surface area (TPSA) is 113 Å². The van der Waals surface area contributed by atoms with E-state index in [4.69, 9.17) is 17.2 Å². The van der Waals surface area contributed by atoms with Crippen LogP contribution in [-0.4, -0.2) is 15.7 Å². The van der Waals surface area contributed by atoms with E-state index in [0.717, 1.165) is 18.4 Å². The Bertz CT molecular complexity index is 708. The molecule has 1 aromatic carbocycles. The molecule has 0 atom stereocenters. The molecule has 6 N–H and O–H groups in total. The van der Waals surface area contributed by atoms with E-state index in [9.17, 15) is 4.79 Å². The molecule has 1 amide bonds. The molecular formula is C19H29N5O. The quantitative estimate of drug-likeness (QED) is 0.452. The van der Waals surface area contributed by atoms with Crippen molar-refractivity contribution in [2.75, 3.05) is 11.5 Å². The number of aryl methyl sites for hydroxylation is 1. The largest absolute Gasteiger partial charge is 0.398 e. The number of carbonyl (C=O) groups is 1. The van der Waals surface area contributed by atoms with Crippen molar-refractivity contribution in [3.8, 4) is 11.3 Å². The zero-order chi connectivity index (χ0) is 18.2. The fourth-order valence-electron chi connectivity index (χ4n) is 3.09. The molecule has 2 rings (SSSR count). The van der Waals surface area contributed by atoms with Gasteiger partial charge < -0.3 is 17.2 Å². The van der Waals surface area contributed by atoms with Gasteiger partial charge in [-0.25, -0.2) is 0 Å². The van der Waals surface area contributed by atoms with E-state index in [1.54, 1.807) is 10.7 Å². The molecule has 0 radical (unpaired) electrons. The molecule has 0 unspecified atom stereocenters. The highest BCUT2D eigenvalue weighted by Crippen LogP contribution is 2.32. The minimum atomic E-state index is -0.582. The van der Waals surface area contributed by atoms with Gasteiger partial charge in [0, 0.05) is 17.8 Å². The fraction of sp³-hybridized carbons (Fsp3) is 0.474.